The highest BCUT2D eigenvalue weighted by Crippen LogP contribution is 2.24. The van der Waals surface area contributed by atoms with E-state index in [1.165, 1.54) is 6.07 Å². The highest BCUT2D eigenvalue weighted by molar-refractivity contribution is 6.23. The number of anilines is 2. The molecule has 1 aromatic carbocycles. The minimum atomic E-state index is -0.664. The molecule has 1 aromatic heterocycles. The van der Waals surface area contributed by atoms with Crippen LogP contribution in [0.3, 0.4) is 0 Å². The lowest BCUT2D eigenvalue weighted by Gasteiger charge is -2.20. The molecule has 140 valence electrons. The first-order valence-corrected chi connectivity index (χ1v) is 8.08. The van der Waals surface area contributed by atoms with Crippen molar-refractivity contribution in [3.05, 3.63) is 51.8 Å². The summed E-state index contributed by atoms with van der Waals surface area (Å²) in [5.74, 6) is -1.48. The van der Waals surface area contributed by atoms with E-state index < -0.39 is 29.1 Å². The Morgan fingerprint density at radius 3 is 2.52 bits per heavy atom. The van der Waals surface area contributed by atoms with Gasteiger partial charge < -0.3 is 10.5 Å². The molecule has 9 nitrogen and oxygen atoms in total. The summed E-state index contributed by atoms with van der Waals surface area (Å²) < 4.78 is 6.28. The van der Waals surface area contributed by atoms with Crippen LogP contribution in [0.4, 0.5) is 16.3 Å². The summed E-state index contributed by atoms with van der Waals surface area (Å²) in [6.45, 7) is 5.21. The number of rotatable bonds is 2. The number of carbonyl (C=O) groups excluding carboxylic acids is 3. The molecular weight excluding hydrogens is 352 g/mol. The fourth-order valence-corrected chi connectivity index (χ4v) is 2.69. The predicted octanol–water partition coefficient (Wildman–Crippen LogP) is 1.65. The Morgan fingerprint density at radius 1 is 1.15 bits per heavy atom. The van der Waals surface area contributed by atoms with E-state index in [1.807, 2.05) is 0 Å². The Hall–Kier alpha value is -3.62. The molecule has 1 aliphatic heterocycles. The number of hydrogen-bond donors (Lipinski definition) is 3. The van der Waals surface area contributed by atoms with Gasteiger partial charge in [-0.3, -0.25) is 29.6 Å². The van der Waals surface area contributed by atoms with Gasteiger partial charge in [0.05, 0.1) is 16.8 Å². The first-order valence-electron chi connectivity index (χ1n) is 8.08. The van der Waals surface area contributed by atoms with Crippen molar-refractivity contribution in [1.29, 1.82) is 0 Å². The molecule has 0 bridgehead atoms. The summed E-state index contributed by atoms with van der Waals surface area (Å²) in [5.41, 5.74) is 5.34. The lowest BCUT2D eigenvalue weighted by atomic mass is 10.1. The van der Waals surface area contributed by atoms with Crippen LogP contribution in [-0.2, 0) is 4.74 Å². The van der Waals surface area contributed by atoms with Crippen molar-refractivity contribution >= 4 is 29.4 Å². The number of amides is 3. The van der Waals surface area contributed by atoms with E-state index in [2.05, 4.69) is 10.6 Å². The number of benzene rings is 1. The van der Waals surface area contributed by atoms with Crippen LogP contribution in [-0.4, -0.2) is 28.1 Å². The fourth-order valence-electron chi connectivity index (χ4n) is 2.69. The molecule has 2 aromatic rings. The van der Waals surface area contributed by atoms with Crippen molar-refractivity contribution < 1.29 is 19.1 Å². The van der Waals surface area contributed by atoms with Gasteiger partial charge in [0.25, 0.3) is 17.4 Å². The Morgan fingerprint density at radius 2 is 1.85 bits per heavy atom. The number of nitrogens with two attached hydrogens (primary N) is 1. The summed E-state index contributed by atoms with van der Waals surface area (Å²) in [6, 6.07) is 7.35. The van der Waals surface area contributed by atoms with Gasteiger partial charge in [-0.1, -0.05) is 6.07 Å². The van der Waals surface area contributed by atoms with Crippen LogP contribution in [0.5, 0.6) is 0 Å². The van der Waals surface area contributed by atoms with Crippen LogP contribution in [0.15, 0.2) is 35.1 Å². The Kier molecular flexibility index (Phi) is 4.22. The molecule has 3 rings (SSSR count). The average molecular weight is 370 g/mol. The zero-order chi connectivity index (χ0) is 19.9. The number of imide groups is 1. The van der Waals surface area contributed by atoms with Gasteiger partial charge in [0.1, 0.15) is 11.4 Å². The van der Waals surface area contributed by atoms with E-state index in [9.17, 15) is 19.2 Å². The van der Waals surface area contributed by atoms with Crippen molar-refractivity contribution in [2.75, 3.05) is 11.1 Å². The van der Waals surface area contributed by atoms with Gasteiger partial charge in [0, 0.05) is 11.8 Å². The number of nitrogens with one attached hydrogen (secondary N) is 2. The molecule has 0 unspecified atom stereocenters. The number of hydrogen-bond acceptors (Lipinski definition) is 6. The minimum Gasteiger partial charge on any atom is -0.444 e. The van der Waals surface area contributed by atoms with Crippen LogP contribution >= 0.6 is 0 Å². The van der Waals surface area contributed by atoms with Crippen molar-refractivity contribution in [2.45, 2.75) is 26.4 Å². The van der Waals surface area contributed by atoms with E-state index in [-0.39, 0.29) is 16.9 Å². The lowest BCUT2D eigenvalue weighted by Crippen LogP contribution is -2.27. The number of carbonyl (C=O) groups is 3. The molecule has 0 saturated heterocycles. The number of ether oxygens (including phenoxy) is 1. The highest BCUT2D eigenvalue weighted by atomic mass is 16.6. The number of nitrogens with zero attached hydrogens (tertiary/aromatic N) is 1. The molecule has 27 heavy (non-hydrogen) atoms. The fraction of sp³-hybridized carbons (Fsp3) is 0.222. The van der Waals surface area contributed by atoms with Gasteiger partial charge >= 0.3 is 6.09 Å². The third kappa shape index (κ3) is 3.52. The summed E-state index contributed by atoms with van der Waals surface area (Å²) in [7, 11) is 0. The Bertz CT molecular complexity index is 1030. The van der Waals surface area contributed by atoms with Crippen LogP contribution in [0.1, 0.15) is 41.5 Å². The van der Waals surface area contributed by atoms with Gasteiger partial charge in [-0.25, -0.2) is 4.79 Å². The number of pyridine rings is 1. The SMILES string of the molecule is CC(C)(C)OC(=O)Nc1cccc(-n2c(N)c3c(cc2=O)C(=O)NC3=O)c1. The molecule has 0 spiro atoms. The standard InChI is InChI=1S/C18H18N4O5/c1-18(2,3)27-17(26)20-9-5-4-6-10(7-9)22-12(23)8-11-13(14(22)19)16(25)21-15(11)24/h4-8H,19H2,1-3H3,(H,20,26)(H,21,24,25). The van der Waals surface area contributed by atoms with Gasteiger partial charge in [0.2, 0.25) is 0 Å². The van der Waals surface area contributed by atoms with Crippen molar-refractivity contribution in [3.63, 3.8) is 0 Å². The molecule has 0 saturated carbocycles. The zero-order valence-electron chi connectivity index (χ0n) is 15.0. The smallest absolute Gasteiger partial charge is 0.412 e. The number of nitrogen functional groups attached to an aromatic ring is 1. The third-order valence-electron chi connectivity index (χ3n) is 3.70. The zero-order valence-corrected chi connectivity index (χ0v) is 15.0. The number of fused-ring (bicyclic) bond motifs is 1. The van der Waals surface area contributed by atoms with Gasteiger partial charge in [-0.15, -0.1) is 0 Å². The highest BCUT2D eigenvalue weighted by Gasteiger charge is 2.31. The molecule has 4 N–H and O–H groups in total. The molecule has 2 heterocycles. The normalized spacial score (nSPS) is 13.1. The quantitative estimate of drug-likeness (QED) is 0.689. The summed E-state index contributed by atoms with van der Waals surface area (Å²) in [5, 5.41) is 4.67. The van der Waals surface area contributed by atoms with Crippen LogP contribution in [0.2, 0.25) is 0 Å². The van der Waals surface area contributed by atoms with Crippen molar-refractivity contribution in [2.24, 2.45) is 0 Å². The van der Waals surface area contributed by atoms with E-state index >= 15 is 0 Å². The molecule has 0 aliphatic carbocycles. The van der Waals surface area contributed by atoms with Gasteiger partial charge in [-0.05, 0) is 39.0 Å². The van der Waals surface area contributed by atoms with Crippen molar-refractivity contribution in [1.82, 2.24) is 9.88 Å². The maximum atomic E-state index is 12.5. The minimum absolute atomic E-state index is 0.0508. The first kappa shape index (κ1) is 18.2. The van der Waals surface area contributed by atoms with E-state index in [4.69, 9.17) is 10.5 Å². The van der Waals surface area contributed by atoms with Crippen LogP contribution < -0.4 is 21.9 Å². The molecule has 0 radical (unpaired) electrons. The topological polar surface area (TPSA) is 133 Å². The van der Waals surface area contributed by atoms with Gasteiger partial charge in [0.15, 0.2) is 0 Å². The molecule has 0 fully saturated rings. The average Bonchev–Trinajstić information content (AvgIpc) is 2.80. The lowest BCUT2D eigenvalue weighted by molar-refractivity contribution is 0.0635. The van der Waals surface area contributed by atoms with E-state index in [0.717, 1.165) is 10.6 Å². The van der Waals surface area contributed by atoms with E-state index in [1.54, 1.807) is 39.0 Å². The summed E-state index contributed by atoms with van der Waals surface area (Å²) >= 11 is 0. The van der Waals surface area contributed by atoms with Crippen LogP contribution in [0, 0.1) is 0 Å². The first-order chi connectivity index (χ1) is 12.6. The second kappa shape index (κ2) is 6.27. The monoisotopic (exact) mass is 370 g/mol. The van der Waals surface area contributed by atoms with Gasteiger partial charge in [-0.2, -0.15) is 0 Å². The molecule has 0 atom stereocenters. The summed E-state index contributed by atoms with van der Waals surface area (Å²) in [4.78, 5) is 48.0. The van der Waals surface area contributed by atoms with Crippen molar-refractivity contribution in [3.8, 4) is 5.69 Å². The molecular formula is C18H18N4O5. The van der Waals surface area contributed by atoms with Crippen LogP contribution in [0.25, 0.3) is 5.69 Å². The second-order valence-electron chi connectivity index (χ2n) is 6.95. The molecule has 1 aliphatic rings. The second-order valence-corrected chi connectivity index (χ2v) is 6.95. The summed E-state index contributed by atoms with van der Waals surface area (Å²) in [6.07, 6.45) is -0.654. The molecule has 9 heteroatoms. The Balaban J connectivity index is 2.00. The maximum Gasteiger partial charge on any atom is 0.412 e. The maximum absolute atomic E-state index is 12.5. The largest absolute Gasteiger partial charge is 0.444 e. The Labute approximate surface area is 154 Å². The van der Waals surface area contributed by atoms with E-state index in [0.29, 0.717) is 11.4 Å². The third-order valence-corrected chi connectivity index (χ3v) is 3.70. The predicted molar refractivity (Wildman–Crippen MR) is 98.1 cm³/mol. The molecule has 3 amide bonds. The number of aromatic nitrogens is 1.